The van der Waals surface area contributed by atoms with Crippen molar-refractivity contribution in [1.82, 2.24) is 0 Å². The molecule has 0 atom stereocenters. The Kier molecular flexibility index (Phi) is 5.23. The van der Waals surface area contributed by atoms with Crippen molar-refractivity contribution in [1.29, 1.82) is 0 Å². The lowest BCUT2D eigenvalue weighted by molar-refractivity contribution is 0.0587. The second-order valence-corrected chi connectivity index (χ2v) is 10.9. The van der Waals surface area contributed by atoms with Gasteiger partial charge in [0.05, 0.1) is 0 Å². The lowest BCUT2D eigenvalue weighted by Gasteiger charge is -2.46. The summed E-state index contributed by atoms with van der Waals surface area (Å²) >= 11 is 0. The minimum atomic E-state index is 0.798. The molecular weight excluding hydrogens is 312 g/mol. The van der Waals surface area contributed by atoms with Gasteiger partial charge in [0.25, 0.3) is 0 Å². The number of rotatable bonds is 4. The monoisotopic (exact) mass is 354 g/mol. The Morgan fingerprint density at radius 3 is 1.58 bits per heavy atom. The van der Waals surface area contributed by atoms with Crippen molar-refractivity contribution < 1.29 is 0 Å². The van der Waals surface area contributed by atoms with Crippen LogP contribution in [0.1, 0.15) is 122 Å². The van der Waals surface area contributed by atoms with Crippen molar-refractivity contribution in [2.45, 2.75) is 122 Å². The third-order valence-corrected chi connectivity index (χ3v) is 9.85. The quantitative estimate of drug-likeness (QED) is 0.446. The van der Waals surface area contributed by atoms with Crippen LogP contribution in [0.15, 0.2) is 11.1 Å². The first-order valence-electron chi connectivity index (χ1n) is 12.6. The zero-order valence-electron chi connectivity index (χ0n) is 17.2. The van der Waals surface area contributed by atoms with Crippen LogP contribution in [0.5, 0.6) is 0 Å². The fourth-order valence-corrected chi connectivity index (χ4v) is 8.38. The van der Waals surface area contributed by atoms with Gasteiger partial charge in [0, 0.05) is 0 Å². The molecule has 146 valence electrons. The molecule has 0 spiro atoms. The van der Waals surface area contributed by atoms with E-state index in [1.165, 1.54) is 70.6 Å². The molecule has 0 saturated heterocycles. The summed E-state index contributed by atoms with van der Waals surface area (Å²) in [6.45, 7) is 0. The second-order valence-electron chi connectivity index (χ2n) is 10.9. The molecule has 0 nitrogen and oxygen atoms in total. The van der Waals surface area contributed by atoms with E-state index in [9.17, 15) is 0 Å². The molecule has 0 aromatic heterocycles. The lowest BCUT2D eigenvalue weighted by atomic mass is 9.59. The van der Waals surface area contributed by atoms with Gasteiger partial charge in [-0.2, -0.15) is 0 Å². The van der Waals surface area contributed by atoms with Gasteiger partial charge in [-0.3, -0.25) is 0 Å². The Bertz CT molecular complexity index is 494. The molecule has 0 aromatic carbocycles. The van der Waals surface area contributed by atoms with Crippen LogP contribution in [0.2, 0.25) is 0 Å². The Morgan fingerprint density at radius 1 is 0.538 bits per heavy atom. The molecule has 0 heteroatoms. The van der Waals surface area contributed by atoms with E-state index in [-0.39, 0.29) is 0 Å². The van der Waals surface area contributed by atoms with Crippen molar-refractivity contribution in [3.05, 3.63) is 11.1 Å². The molecule has 0 N–H and O–H groups in total. The molecular formula is C26H42. The topological polar surface area (TPSA) is 0 Å². The van der Waals surface area contributed by atoms with Gasteiger partial charge in [-0.25, -0.2) is 0 Å². The first-order chi connectivity index (χ1) is 12.9. The fourth-order valence-electron chi connectivity index (χ4n) is 8.38. The minimum Gasteiger partial charge on any atom is -0.0704 e. The summed E-state index contributed by atoms with van der Waals surface area (Å²) in [5.74, 6) is 4.24. The lowest BCUT2D eigenvalue weighted by Crippen LogP contribution is -2.36. The molecule has 26 heavy (non-hydrogen) atoms. The maximum atomic E-state index is 2.05. The smallest absolute Gasteiger partial charge is 0.0198 e. The fraction of sp³-hybridized carbons (Fsp3) is 0.923. The highest BCUT2D eigenvalue weighted by Gasteiger charge is 2.48. The number of hydrogen-bond donors (Lipinski definition) is 0. The van der Waals surface area contributed by atoms with Crippen LogP contribution in [0.3, 0.4) is 0 Å². The van der Waals surface area contributed by atoms with E-state index in [4.69, 9.17) is 0 Å². The van der Waals surface area contributed by atoms with E-state index in [2.05, 4.69) is 0 Å². The highest BCUT2D eigenvalue weighted by molar-refractivity contribution is 5.24. The largest absolute Gasteiger partial charge is 0.0704 e. The Hall–Kier alpha value is -0.260. The van der Waals surface area contributed by atoms with Crippen molar-refractivity contribution in [2.75, 3.05) is 0 Å². The minimum absolute atomic E-state index is 0.798. The third kappa shape index (κ3) is 3.12. The highest BCUT2D eigenvalue weighted by Crippen LogP contribution is 2.59. The molecule has 5 saturated carbocycles. The maximum absolute atomic E-state index is 2.05. The molecule has 5 aliphatic carbocycles. The first-order valence-corrected chi connectivity index (χ1v) is 12.6. The zero-order chi connectivity index (χ0) is 17.4. The summed E-state index contributed by atoms with van der Waals surface area (Å²) in [6.07, 6.45) is 29.3. The molecule has 5 aliphatic rings. The van der Waals surface area contributed by atoms with Gasteiger partial charge in [-0.1, -0.05) is 56.1 Å². The van der Waals surface area contributed by atoms with Crippen molar-refractivity contribution in [3.8, 4) is 0 Å². The summed E-state index contributed by atoms with van der Waals surface area (Å²) in [5.41, 5.74) is 4.84. The van der Waals surface area contributed by atoms with E-state index >= 15 is 0 Å². The van der Waals surface area contributed by atoms with Gasteiger partial charge in [-0.05, 0) is 106 Å². The van der Waals surface area contributed by atoms with E-state index in [1.807, 2.05) is 11.1 Å². The van der Waals surface area contributed by atoms with Crippen LogP contribution < -0.4 is 0 Å². The normalized spacial score (nSPS) is 33.7. The van der Waals surface area contributed by atoms with Gasteiger partial charge in [0.1, 0.15) is 0 Å². The van der Waals surface area contributed by atoms with Gasteiger partial charge in [0.2, 0.25) is 0 Å². The highest BCUT2D eigenvalue weighted by atomic mass is 14.5. The van der Waals surface area contributed by atoms with Gasteiger partial charge in [-0.15, -0.1) is 0 Å². The van der Waals surface area contributed by atoms with Gasteiger partial charge >= 0.3 is 0 Å². The predicted molar refractivity (Wildman–Crippen MR) is 111 cm³/mol. The zero-order valence-corrected chi connectivity index (χ0v) is 17.2. The molecule has 0 bridgehead atoms. The number of allylic oxidation sites excluding steroid dienone is 2. The second kappa shape index (κ2) is 7.63. The summed E-state index contributed by atoms with van der Waals surface area (Å²) in [6, 6.07) is 0. The third-order valence-electron chi connectivity index (χ3n) is 9.85. The van der Waals surface area contributed by atoms with E-state index < -0.39 is 0 Å². The van der Waals surface area contributed by atoms with Gasteiger partial charge < -0.3 is 0 Å². The Balaban J connectivity index is 1.32. The van der Waals surface area contributed by atoms with Crippen LogP contribution in [0.25, 0.3) is 0 Å². The molecule has 0 unspecified atom stereocenters. The Morgan fingerprint density at radius 2 is 1.04 bits per heavy atom. The summed E-state index contributed by atoms with van der Waals surface area (Å²) in [4.78, 5) is 0. The SMILES string of the molecule is C1CCC(C(=C2CCC(C3(C4CCCC4)CCCC3)CC2)C2CCC2)C1. The van der Waals surface area contributed by atoms with Crippen molar-refractivity contribution >= 4 is 0 Å². The maximum Gasteiger partial charge on any atom is -0.0198 e. The molecule has 0 aromatic rings. The van der Waals surface area contributed by atoms with Crippen LogP contribution in [-0.2, 0) is 0 Å². The number of hydrogen-bond acceptors (Lipinski definition) is 0. The van der Waals surface area contributed by atoms with E-state index in [1.54, 1.807) is 51.4 Å². The Labute approximate surface area is 162 Å². The molecule has 0 radical (unpaired) electrons. The average Bonchev–Trinajstić information content (AvgIpc) is 3.40. The van der Waals surface area contributed by atoms with E-state index in [0.717, 1.165) is 29.1 Å². The summed E-state index contributed by atoms with van der Waals surface area (Å²) in [5, 5.41) is 0. The van der Waals surface area contributed by atoms with Crippen LogP contribution in [0, 0.1) is 29.1 Å². The van der Waals surface area contributed by atoms with Crippen molar-refractivity contribution in [2.24, 2.45) is 29.1 Å². The molecule has 0 amide bonds. The standard InChI is InChI=1S/C26H42/c1-2-9-20(8-1)25(21-10-7-11-21)22-14-16-24(17-15-22)26(18-5-6-19-26)23-12-3-4-13-23/h20-21,23-24H,1-19H2. The average molecular weight is 355 g/mol. The first kappa shape index (κ1) is 17.8. The molecule has 5 rings (SSSR count). The molecule has 5 fully saturated rings. The van der Waals surface area contributed by atoms with Crippen LogP contribution in [-0.4, -0.2) is 0 Å². The van der Waals surface area contributed by atoms with E-state index in [0.29, 0.717) is 0 Å². The van der Waals surface area contributed by atoms with Crippen LogP contribution in [0.4, 0.5) is 0 Å². The van der Waals surface area contributed by atoms with Crippen molar-refractivity contribution in [3.63, 3.8) is 0 Å². The van der Waals surface area contributed by atoms with Gasteiger partial charge in [0.15, 0.2) is 0 Å². The predicted octanol–water partition coefficient (Wildman–Crippen LogP) is 8.21. The summed E-state index contributed by atoms with van der Waals surface area (Å²) in [7, 11) is 0. The molecule has 0 aliphatic heterocycles. The molecule has 0 heterocycles. The van der Waals surface area contributed by atoms with Crippen LogP contribution >= 0.6 is 0 Å². The summed E-state index contributed by atoms with van der Waals surface area (Å²) < 4.78 is 0.